The van der Waals surface area contributed by atoms with Crippen molar-refractivity contribution >= 4 is 46.6 Å². The van der Waals surface area contributed by atoms with E-state index in [9.17, 15) is 14.9 Å². The normalized spacial score (nSPS) is 10.7. The van der Waals surface area contributed by atoms with Gasteiger partial charge in [0, 0.05) is 12.6 Å². The van der Waals surface area contributed by atoms with Crippen LogP contribution in [0.5, 0.6) is 0 Å². The summed E-state index contributed by atoms with van der Waals surface area (Å²) in [6, 6.07) is 16.0. The maximum absolute atomic E-state index is 12.8. The molecule has 0 aliphatic carbocycles. The minimum atomic E-state index is -1.55. The third-order valence-corrected chi connectivity index (χ3v) is 4.76. The minimum absolute atomic E-state index is 0.00150. The van der Waals surface area contributed by atoms with Crippen molar-refractivity contribution in [2.24, 2.45) is 0 Å². The van der Waals surface area contributed by atoms with Crippen molar-refractivity contribution in [2.75, 3.05) is 5.32 Å². The van der Waals surface area contributed by atoms with Crippen LogP contribution in [0.25, 0.3) is 11.0 Å². The van der Waals surface area contributed by atoms with Crippen molar-refractivity contribution < 1.29 is 24.4 Å². The number of amides is 1. The van der Waals surface area contributed by atoms with Crippen LogP contribution in [0.15, 0.2) is 65.3 Å². The van der Waals surface area contributed by atoms with Crippen LogP contribution in [0.1, 0.15) is 15.9 Å². The van der Waals surface area contributed by atoms with E-state index in [4.69, 9.17) is 10.0 Å². The molecule has 0 saturated carbocycles. The van der Waals surface area contributed by atoms with E-state index in [-0.39, 0.29) is 29.2 Å². The predicted molar refractivity (Wildman–Crippen MR) is 116 cm³/mol. The lowest BCUT2D eigenvalue weighted by molar-refractivity contribution is -0.383. The Morgan fingerprint density at radius 2 is 1.72 bits per heavy atom. The van der Waals surface area contributed by atoms with Crippen LogP contribution in [0, 0.1) is 10.1 Å². The second-order valence-electron chi connectivity index (χ2n) is 6.82. The molecule has 0 spiro atoms. The van der Waals surface area contributed by atoms with Crippen molar-refractivity contribution in [2.45, 2.75) is 6.54 Å². The molecule has 0 fully saturated rings. The summed E-state index contributed by atoms with van der Waals surface area (Å²) >= 11 is 0. The van der Waals surface area contributed by atoms with E-state index < -0.39 is 12.0 Å². The quantitative estimate of drug-likeness (QED) is 0.192. The van der Waals surface area contributed by atoms with E-state index >= 15 is 0 Å². The number of nitrogens with zero attached hydrogens (tertiary/aromatic N) is 3. The first-order chi connectivity index (χ1) is 15.4. The van der Waals surface area contributed by atoms with Gasteiger partial charge < -0.3 is 20.7 Å². The van der Waals surface area contributed by atoms with Gasteiger partial charge in [-0.3, -0.25) is 14.9 Å². The summed E-state index contributed by atoms with van der Waals surface area (Å²) in [7, 11) is -1.55. The Morgan fingerprint density at radius 1 is 1.00 bits per heavy atom. The Kier molecular flexibility index (Phi) is 5.79. The molecule has 0 atom stereocenters. The number of hydrogen-bond donors (Lipinski definition) is 4. The molecule has 3 aromatic carbocycles. The molecule has 0 aliphatic heterocycles. The van der Waals surface area contributed by atoms with Gasteiger partial charge in [-0.25, -0.2) is 4.63 Å². The second kappa shape index (κ2) is 8.84. The molecule has 1 aromatic heterocycles. The Morgan fingerprint density at radius 3 is 2.44 bits per heavy atom. The molecule has 0 aliphatic rings. The molecular formula is C20H16BN5O6. The molecule has 4 aromatic rings. The van der Waals surface area contributed by atoms with E-state index in [1.165, 1.54) is 12.1 Å². The number of para-hydroxylation sites is 1. The molecule has 160 valence electrons. The van der Waals surface area contributed by atoms with Crippen LogP contribution in [0.3, 0.4) is 0 Å². The summed E-state index contributed by atoms with van der Waals surface area (Å²) in [6.45, 7) is 0.226. The number of carbonyl (C=O) groups excluding carboxylic acids is 1. The van der Waals surface area contributed by atoms with Crippen LogP contribution in [-0.4, -0.2) is 38.3 Å². The highest BCUT2D eigenvalue weighted by Crippen LogP contribution is 2.31. The molecule has 4 N–H and O–H groups in total. The molecule has 1 amide bonds. The van der Waals surface area contributed by atoms with Gasteiger partial charge >= 0.3 is 12.8 Å². The van der Waals surface area contributed by atoms with Gasteiger partial charge in [0.05, 0.1) is 21.9 Å². The fraction of sp³-hybridized carbons (Fsp3) is 0.0500. The summed E-state index contributed by atoms with van der Waals surface area (Å²) in [4.78, 5) is 23.4. The zero-order valence-electron chi connectivity index (χ0n) is 16.4. The molecule has 0 saturated heterocycles. The molecule has 0 radical (unpaired) electrons. The predicted octanol–water partition coefficient (Wildman–Crippen LogP) is 1.48. The van der Waals surface area contributed by atoms with E-state index in [0.29, 0.717) is 22.4 Å². The van der Waals surface area contributed by atoms with Gasteiger partial charge in [0.25, 0.3) is 5.91 Å². The number of benzene rings is 3. The monoisotopic (exact) mass is 433 g/mol. The lowest BCUT2D eigenvalue weighted by Gasteiger charge is -2.12. The number of fused-ring (bicyclic) bond motifs is 1. The summed E-state index contributed by atoms with van der Waals surface area (Å²) < 4.78 is 4.67. The number of nitro groups is 1. The Hall–Kier alpha value is -4.29. The fourth-order valence-corrected chi connectivity index (χ4v) is 3.12. The van der Waals surface area contributed by atoms with E-state index in [1.54, 1.807) is 48.5 Å². The van der Waals surface area contributed by atoms with Crippen LogP contribution >= 0.6 is 0 Å². The van der Waals surface area contributed by atoms with Gasteiger partial charge in [-0.05, 0) is 39.5 Å². The standard InChI is InChI=1S/C20H16BN5O6/c27-20(22-11-12-5-7-13(8-6-12)21(28)29)14-3-1-2-4-15(14)23-16-9-10-17(26(30)31)19-18(16)24-32-25-19/h1-10,23,28-29H,11H2,(H,22,27). The number of aromatic nitrogens is 2. The zero-order valence-corrected chi connectivity index (χ0v) is 16.4. The second-order valence-corrected chi connectivity index (χ2v) is 6.82. The topological polar surface area (TPSA) is 164 Å². The molecule has 12 heteroatoms. The van der Waals surface area contributed by atoms with Crippen molar-refractivity contribution in [1.82, 2.24) is 15.6 Å². The molecule has 4 rings (SSSR count). The van der Waals surface area contributed by atoms with Crippen LogP contribution in [0.2, 0.25) is 0 Å². The summed E-state index contributed by atoms with van der Waals surface area (Å²) in [5, 5.41) is 42.7. The van der Waals surface area contributed by atoms with Crippen molar-refractivity contribution in [3.05, 3.63) is 81.9 Å². The first-order valence-electron chi connectivity index (χ1n) is 9.43. The Labute approximate surface area is 180 Å². The summed E-state index contributed by atoms with van der Waals surface area (Å²) in [5.41, 5.74) is 2.26. The third-order valence-electron chi connectivity index (χ3n) is 4.76. The number of hydrogen-bond acceptors (Lipinski definition) is 9. The number of non-ortho nitro benzene ring substituents is 1. The highest BCUT2D eigenvalue weighted by molar-refractivity contribution is 6.58. The molecule has 0 bridgehead atoms. The zero-order chi connectivity index (χ0) is 22.7. The largest absolute Gasteiger partial charge is 0.488 e. The van der Waals surface area contributed by atoms with Gasteiger partial charge in [-0.1, -0.05) is 36.4 Å². The van der Waals surface area contributed by atoms with Crippen molar-refractivity contribution in [1.29, 1.82) is 0 Å². The average molecular weight is 433 g/mol. The number of nitrogens with one attached hydrogen (secondary N) is 2. The van der Waals surface area contributed by atoms with Crippen molar-refractivity contribution in [3.8, 4) is 0 Å². The highest BCUT2D eigenvalue weighted by Gasteiger charge is 2.20. The number of carbonyl (C=O) groups is 1. The van der Waals surface area contributed by atoms with E-state index in [2.05, 4.69) is 25.6 Å². The van der Waals surface area contributed by atoms with Gasteiger partial charge in [0.1, 0.15) is 0 Å². The Bertz CT molecular complexity index is 1290. The smallest absolute Gasteiger partial charge is 0.423 e. The lowest BCUT2D eigenvalue weighted by atomic mass is 9.80. The molecule has 32 heavy (non-hydrogen) atoms. The number of rotatable bonds is 7. The molecule has 0 unspecified atom stereocenters. The Balaban J connectivity index is 1.54. The SMILES string of the molecule is O=C(NCc1ccc(B(O)O)cc1)c1ccccc1Nc1ccc([N+](=O)[O-])c2nonc12. The van der Waals surface area contributed by atoms with Gasteiger partial charge in [-0.2, -0.15) is 0 Å². The highest BCUT2D eigenvalue weighted by atomic mass is 16.6. The van der Waals surface area contributed by atoms with Crippen LogP contribution < -0.4 is 16.1 Å². The number of anilines is 2. The van der Waals surface area contributed by atoms with Crippen molar-refractivity contribution in [3.63, 3.8) is 0 Å². The van der Waals surface area contributed by atoms with Crippen LogP contribution in [0.4, 0.5) is 17.1 Å². The summed E-state index contributed by atoms with van der Waals surface area (Å²) in [5.74, 6) is -0.351. The van der Waals surface area contributed by atoms with E-state index in [0.717, 1.165) is 5.56 Å². The fourth-order valence-electron chi connectivity index (χ4n) is 3.12. The van der Waals surface area contributed by atoms with Crippen LogP contribution in [-0.2, 0) is 6.54 Å². The first kappa shape index (κ1) is 21.0. The third kappa shape index (κ3) is 4.26. The molecule has 11 nitrogen and oxygen atoms in total. The molecular weight excluding hydrogens is 417 g/mol. The van der Waals surface area contributed by atoms with Gasteiger partial charge in [0.2, 0.25) is 5.52 Å². The maximum atomic E-state index is 12.8. The average Bonchev–Trinajstić information content (AvgIpc) is 3.28. The molecule has 1 heterocycles. The first-order valence-corrected chi connectivity index (χ1v) is 9.43. The maximum Gasteiger partial charge on any atom is 0.488 e. The lowest BCUT2D eigenvalue weighted by Crippen LogP contribution is -2.30. The number of nitro benzene ring substituents is 1. The minimum Gasteiger partial charge on any atom is -0.423 e. The van der Waals surface area contributed by atoms with Gasteiger partial charge in [-0.15, -0.1) is 0 Å². The van der Waals surface area contributed by atoms with Gasteiger partial charge in [0.15, 0.2) is 5.52 Å². The summed E-state index contributed by atoms with van der Waals surface area (Å²) in [6.07, 6.45) is 0. The van der Waals surface area contributed by atoms with E-state index in [1.807, 2.05) is 0 Å².